The van der Waals surface area contributed by atoms with Gasteiger partial charge in [-0.3, -0.25) is 4.99 Å². The molecule has 5 heteroatoms. The summed E-state index contributed by atoms with van der Waals surface area (Å²) in [7, 11) is 3.32. The molecule has 1 saturated carbocycles. The standard InChI is InChI=1S/C17H23ClN2O2/c1-21-15-7-6-12(10-16(15)22-2)8-9-20-14-5-3-4-13(14)11-19-17(20)18/h6-7,10,13-14H,3-5,8-9,11H2,1-2H3/t13-,14+/m0/s1. The highest BCUT2D eigenvalue weighted by atomic mass is 35.5. The molecule has 0 spiro atoms. The molecular weight excluding hydrogens is 300 g/mol. The fraction of sp³-hybridized carbons (Fsp3) is 0.588. The second-order valence-electron chi connectivity index (χ2n) is 6.00. The summed E-state index contributed by atoms with van der Waals surface area (Å²) < 4.78 is 10.7. The number of benzene rings is 1. The van der Waals surface area contributed by atoms with Gasteiger partial charge in [0.2, 0.25) is 0 Å². The molecule has 1 aromatic rings. The van der Waals surface area contributed by atoms with Crippen LogP contribution in [0.3, 0.4) is 0 Å². The van der Waals surface area contributed by atoms with Crippen molar-refractivity contribution in [2.75, 3.05) is 27.3 Å². The van der Waals surface area contributed by atoms with Gasteiger partial charge in [0, 0.05) is 19.1 Å². The molecule has 3 rings (SSSR count). The van der Waals surface area contributed by atoms with Crippen LogP contribution in [0, 0.1) is 5.92 Å². The van der Waals surface area contributed by atoms with Crippen molar-refractivity contribution in [3.05, 3.63) is 23.8 Å². The van der Waals surface area contributed by atoms with Gasteiger partial charge < -0.3 is 14.4 Å². The Bertz CT molecular complexity index is 562. The molecule has 2 aliphatic rings. The SMILES string of the molecule is COc1ccc(CCN2C(Cl)=NC[C@@H]3CCC[C@H]32)cc1OC. The Labute approximate surface area is 137 Å². The molecule has 0 aromatic heterocycles. The van der Waals surface area contributed by atoms with Gasteiger partial charge in [-0.05, 0) is 54.5 Å². The van der Waals surface area contributed by atoms with E-state index in [1.165, 1.54) is 24.8 Å². The average molecular weight is 323 g/mol. The molecule has 1 aliphatic carbocycles. The zero-order valence-electron chi connectivity index (χ0n) is 13.2. The highest BCUT2D eigenvalue weighted by Gasteiger charge is 2.35. The van der Waals surface area contributed by atoms with E-state index in [4.69, 9.17) is 21.1 Å². The van der Waals surface area contributed by atoms with Gasteiger partial charge in [-0.15, -0.1) is 0 Å². The molecule has 2 atom stereocenters. The number of fused-ring (bicyclic) bond motifs is 1. The molecule has 0 bridgehead atoms. The maximum absolute atomic E-state index is 6.35. The van der Waals surface area contributed by atoms with Gasteiger partial charge in [0.1, 0.15) is 0 Å². The van der Waals surface area contributed by atoms with Crippen molar-refractivity contribution in [1.82, 2.24) is 4.90 Å². The van der Waals surface area contributed by atoms with Crippen LogP contribution in [0.5, 0.6) is 11.5 Å². The molecule has 4 nitrogen and oxygen atoms in total. The third-order valence-corrected chi connectivity index (χ3v) is 5.14. The van der Waals surface area contributed by atoms with Crippen molar-refractivity contribution in [3.63, 3.8) is 0 Å². The molecule has 0 radical (unpaired) electrons. The van der Waals surface area contributed by atoms with Gasteiger partial charge in [-0.2, -0.15) is 0 Å². The summed E-state index contributed by atoms with van der Waals surface area (Å²) in [5, 5.41) is 0.684. The number of nitrogens with zero attached hydrogens (tertiary/aromatic N) is 2. The van der Waals surface area contributed by atoms with Gasteiger partial charge >= 0.3 is 0 Å². The third-order valence-electron chi connectivity index (χ3n) is 4.80. The van der Waals surface area contributed by atoms with Crippen LogP contribution in [0.4, 0.5) is 0 Å². The normalized spacial score (nSPS) is 24.0. The molecule has 0 unspecified atom stereocenters. The Hall–Kier alpha value is -1.42. The third kappa shape index (κ3) is 3.02. The number of ether oxygens (including phenoxy) is 2. The van der Waals surface area contributed by atoms with Crippen LogP contribution < -0.4 is 9.47 Å². The van der Waals surface area contributed by atoms with Gasteiger partial charge in [0.25, 0.3) is 0 Å². The van der Waals surface area contributed by atoms with Gasteiger partial charge in [0.05, 0.1) is 14.2 Å². The molecule has 0 amide bonds. The van der Waals surface area contributed by atoms with Gasteiger partial charge in [-0.1, -0.05) is 12.5 Å². The summed E-state index contributed by atoms with van der Waals surface area (Å²) in [5.74, 6) is 2.23. The number of rotatable bonds is 5. The molecule has 1 heterocycles. The van der Waals surface area contributed by atoms with E-state index in [1.54, 1.807) is 14.2 Å². The van der Waals surface area contributed by atoms with Gasteiger partial charge in [0.15, 0.2) is 16.8 Å². The second-order valence-corrected chi connectivity index (χ2v) is 6.34. The Kier molecular flexibility index (Phi) is 4.77. The van der Waals surface area contributed by atoms with E-state index in [2.05, 4.69) is 16.0 Å². The topological polar surface area (TPSA) is 34.1 Å². The van der Waals surface area contributed by atoms with E-state index in [1.807, 2.05) is 12.1 Å². The predicted molar refractivity (Wildman–Crippen MR) is 89.2 cm³/mol. The highest BCUT2D eigenvalue weighted by Crippen LogP contribution is 2.34. The molecule has 120 valence electrons. The Morgan fingerprint density at radius 2 is 2.05 bits per heavy atom. The number of halogens is 1. The quantitative estimate of drug-likeness (QED) is 0.780. The Morgan fingerprint density at radius 3 is 2.82 bits per heavy atom. The summed E-state index contributed by atoms with van der Waals surface area (Å²) in [5.41, 5.74) is 1.22. The van der Waals surface area contributed by atoms with Crippen molar-refractivity contribution in [2.45, 2.75) is 31.7 Å². The number of hydrogen-bond donors (Lipinski definition) is 0. The van der Waals surface area contributed by atoms with Crippen LogP contribution in [0.25, 0.3) is 0 Å². The molecule has 22 heavy (non-hydrogen) atoms. The monoisotopic (exact) mass is 322 g/mol. The minimum absolute atomic E-state index is 0.574. The maximum Gasteiger partial charge on any atom is 0.194 e. The van der Waals surface area contributed by atoms with Crippen molar-refractivity contribution in [3.8, 4) is 11.5 Å². The lowest BCUT2D eigenvalue weighted by molar-refractivity contribution is 0.246. The minimum atomic E-state index is 0.574. The first-order valence-corrected chi connectivity index (χ1v) is 8.28. The first kappa shape index (κ1) is 15.5. The highest BCUT2D eigenvalue weighted by molar-refractivity contribution is 6.64. The van der Waals surface area contributed by atoms with E-state index in [0.29, 0.717) is 17.3 Å². The summed E-state index contributed by atoms with van der Waals surface area (Å²) in [6, 6.07) is 6.66. The molecule has 1 aromatic carbocycles. The van der Waals surface area contributed by atoms with Crippen LogP contribution in [0.2, 0.25) is 0 Å². The molecule has 1 fully saturated rings. The number of hydrogen-bond acceptors (Lipinski definition) is 4. The number of methoxy groups -OCH3 is 2. The lowest BCUT2D eigenvalue weighted by Gasteiger charge is -2.36. The van der Waals surface area contributed by atoms with Crippen LogP contribution in [-0.4, -0.2) is 43.5 Å². The predicted octanol–water partition coefficient (Wildman–Crippen LogP) is 3.33. The molecule has 1 aliphatic heterocycles. The maximum atomic E-state index is 6.35. The molecular formula is C17H23ClN2O2. The van der Waals surface area contributed by atoms with E-state index in [9.17, 15) is 0 Å². The van der Waals surface area contributed by atoms with Crippen LogP contribution >= 0.6 is 11.6 Å². The van der Waals surface area contributed by atoms with Crippen molar-refractivity contribution >= 4 is 16.9 Å². The zero-order valence-corrected chi connectivity index (χ0v) is 14.0. The largest absolute Gasteiger partial charge is 0.493 e. The summed E-state index contributed by atoms with van der Waals surface area (Å²) >= 11 is 6.35. The van der Waals surface area contributed by atoms with Crippen LogP contribution in [0.15, 0.2) is 23.2 Å². The average Bonchev–Trinajstić information content (AvgIpc) is 3.02. The fourth-order valence-electron chi connectivity index (χ4n) is 3.60. The zero-order chi connectivity index (χ0) is 15.5. The number of aliphatic imine (C=N–C) groups is 1. The first-order chi connectivity index (χ1) is 10.7. The lowest BCUT2D eigenvalue weighted by atomic mass is 10.0. The van der Waals surface area contributed by atoms with E-state index in [0.717, 1.165) is 31.0 Å². The summed E-state index contributed by atoms with van der Waals surface area (Å²) in [6.45, 7) is 1.80. The lowest BCUT2D eigenvalue weighted by Crippen LogP contribution is -2.45. The number of amidine groups is 1. The first-order valence-electron chi connectivity index (χ1n) is 7.90. The van der Waals surface area contributed by atoms with Crippen LogP contribution in [-0.2, 0) is 6.42 Å². The van der Waals surface area contributed by atoms with E-state index < -0.39 is 0 Å². The van der Waals surface area contributed by atoms with Crippen molar-refractivity contribution < 1.29 is 9.47 Å². The molecule has 0 saturated heterocycles. The van der Waals surface area contributed by atoms with Crippen molar-refractivity contribution in [2.24, 2.45) is 10.9 Å². The van der Waals surface area contributed by atoms with E-state index >= 15 is 0 Å². The Balaban J connectivity index is 1.69. The Morgan fingerprint density at radius 1 is 1.23 bits per heavy atom. The molecule has 0 N–H and O–H groups in total. The van der Waals surface area contributed by atoms with Crippen LogP contribution in [0.1, 0.15) is 24.8 Å². The van der Waals surface area contributed by atoms with Gasteiger partial charge in [-0.25, -0.2) is 0 Å². The second kappa shape index (κ2) is 6.78. The summed E-state index contributed by atoms with van der Waals surface area (Å²) in [4.78, 5) is 6.78. The summed E-state index contributed by atoms with van der Waals surface area (Å²) in [6.07, 6.45) is 4.74. The smallest absolute Gasteiger partial charge is 0.194 e. The fourth-order valence-corrected chi connectivity index (χ4v) is 3.88. The minimum Gasteiger partial charge on any atom is -0.493 e. The van der Waals surface area contributed by atoms with Crippen molar-refractivity contribution in [1.29, 1.82) is 0 Å². The van der Waals surface area contributed by atoms with E-state index in [-0.39, 0.29) is 0 Å².